The molecular formula is C66H56N4O. The molecule has 11 aromatic rings. The molecule has 11 rings (SSSR count). The molecule has 346 valence electrons. The maximum Gasteiger partial charge on any atom is 0.124 e. The first-order chi connectivity index (χ1) is 34.4. The van der Waals surface area contributed by atoms with E-state index in [-0.39, 0.29) is 16.6 Å². The van der Waals surface area contributed by atoms with Crippen LogP contribution in [0.2, 0.25) is 0 Å². The van der Waals surface area contributed by atoms with Crippen LogP contribution in [-0.2, 0) is 10.8 Å². The SMILES string of the molecule is CC(C)(C)c1cc(-c2cc(-c3cc(-c4cc(-c5cccc6c7ccccc7n(-c7ccccc7)c56)ccn4)cc(N(c4ccccc4)c4ccccc4)c3)nc(-c3ccccc3O)c2)cc(C(C)(C)C)c1. The third-order valence-electron chi connectivity index (χ3n) is 13.6. The first-order valence-corrected chi connectivity index (χ1v) is 24.4. The molecule has 0 bridgehead atoms. The summed E-state index contributed by atoms with van der Waals surface area (Å²) in [7, 11) is 0. The lowest BCUT2D eigenvalue weighted by molar-refractivity contribution is 0.477. The van der Waals surface area contributed by atoms with Gasteiger partial charge in [-0.15, -0.1) is 0 Å². The molecule has 0 atom stereocenters. The van der Waals surface area contributed by atoms with Crippen LogP contribution in [0.5, 0.6) is 5.75 Å². The Labute approximate surface area is 417 Å². The van der Waals surface area contributed by atoms with Crippen molar-refractivity contribution in [3.63, 3.8) is 0 Å². The van der Waals surface area contributed by atoms with Gasteiger partial charge in [-0.1, -0.05) is 163 Å². The van der Waals surface area contributed by atoms with E-state index in [1.165, 1.54) is 21.9 Å². The van der Waals surface area contributed by atoms with Gasteiger partial charge in [-0.25, -0.2) is 4.98 Å². The molecule has 0 unspecified atom stereocenters. The average molecular weight is 921 g/mol. The third kappa shape index (κ3) is 8.76. The molecule has 0 radical (unpaired) electrons. The van der Waals surface area contributed by atoms with E-state index >= 15 is 0 Å². The summed E-state index contributed by atoms with van der Waals surface area (Å²) >= 11 is 0. The van der Waals surface area contributed by atoms with E-state index in [2.05, 4.69) is 245 Å². The number of nitrogens with zero attached hydrogens (tertiary/aromatic N) is 4. The lowest BCUT2D eigenvalue weighted by atomic mass is 9.79. The summed E-state index contributed by atoms with van der Waals surface area (Å²) in [5.41, 5.74) is 17.9. The fraction of sp³-hybridized carbons (Fsp3) is 0.121. The summed E-state index contributed by atoms with van der Waals surface area (Å²) in [6, 6.07) is 76.8. The van der Waals surface area contributed by atoms with E-state index in [1.807, 2.05) is 24.4 Å². The Kier molecular flexibility index (Phi) is 11.4. The van der Waals surface area contributed by atoms with Gasteiger partial charge in [0.15, 0.2) is 0 Å². The Balaban J connectivity index is 1.16. The third-order valence-corrected chi connectivity index (χ3v) is 13.6. The topological polar surface area (TPSA) is 54.2 Å². The Morgan fingerprint density at radius 2 is 0.944 bits per heavy atom. The second kappa shape index (κ2) is 18.1. The molecule has 5 heteroatoms. The number of benzene rings is 8. The van der Waals surface area contributed by atoms with Crippen LogP contribution < -0.4 is 4.90 Å². The van der Waals surface area contributed by atoms with E-state index in [0.29, 0.717) is 11.3 Å². The van der Waals surface area contributed by atoms with Gasteiger partial charge < -0.3 is 14.6 Å². The molecular weight excluding hydrogens is 865 g/mol. The number of hydrogen-bond donors (Lipinski definition) is 1. The monoisotopic (exact) mass is 920 g/mol. The molecule has 71 heavy (non-hydrogen) atoms. The van der Waals surface area contributed by atoms with Crippen LogP contribution in [0.4, 0.5) is 17.1 Å². The van der Waals surface area contributed by atoms with Crippen LogP contribution in [0, 0.1) is 0 Å². The van der Waals surface area contributed by atoms with Crippen molar-refractivity contribution in [1.29, 1.82) is 0 Å². The highest BCUT2D eigenvalue weighted by Crippen LogP contribution is 2.44. The van der Waals surface area contributed by atoms with Crippen molar-refractivity contribution in [2.75, 3.05) is 4.90 Å². The van der Waals surface area contributed by atoms with Crippen LogP contribution >= 0.6 is 0 Å². The normalized spacial score (nSPS) is 11.9. The highest BCUT2D eigenvalue weighted by atomic mass is 16.3. The van der Waals surface area contributed by atoms with E-state index in [0.717, 1.165) is 78.6 Å². The van der Waals surface area contributed by atoms with Crippen LogP contribution in [-0.4, -0.2) is 19.6 Å². The molecule has 0 aliphatic rings. The lowest BCUT2D eigenvalue weighted by Crippen LogP contribution is -2.16. The van der Waals surface area contributed by atoms with Gasteiger partial charge in [0.2, 0.25) is 0 Å². The first kappa shape index (κ1) is 44.9. The Morgan fingerprint density at radius 3 is 1.61 bits per heavy atom. The van der Waals surface area contributed by atoms with Crippen molar-refractivity contribution in [2.24, 2.45) is 0 Å². The number of anilines is 3. The van der Waals surface area contributed by atoms with Gasteiger partial charge in [0.1, 0.15) is 5.75 Å². The minimum Gasteiger partial charge on any atom is -0.507 e. The second-order valence-corrected chi connectivity index (χ2v) is 20.5. The smallest absolute Gasteiger partial charge is 0.124 e. The highest BCUT2D eigenvalue weighted by molar-refractivity contribution is 6.14. The summed E-state index contributed by atoms with van der Waals surface area (Å²) in [6.45, 7) is 13.6. The molecule has 0 aliphatic carbocycles. The van der Waals surface area contributed by atoms with Gasteiger partial charge in [-0.2, -0.15) is 0 Å². The minimum absolute atomic E-state index is 0.0842. The van der Waals surface area contributed by atoms with E-state index in [4.69, 9.17) is 9.97 Å². The quantitative estimate of drug-likeness (QED) is 0.157. The van der Waals surface area contributed by atoms with Gasteiger partial charge in [-0.05, 0) is 136 Å². The van der Waals surface area contributed by atoms with Crippen molar-refractivity contribution in [3.8, 4) is 67.5 Å². The lowest BCUT2D eigenvalue weighted by Gasteiger charge is -2.27. The number of aromatic hydroxyl groups is 1. The summed E-state index contributed by atoms with van der Waals surface area (Å²) < 4.78 is 2.39. The predicted molar refractivity (Wildman–Crippen MR) is 297 cm³/mol. The first-order valence-electron chi connectivity index (χ1n) is 24.4. The van der Waals surface area contributed by atoms with E-state index in [9.17, 15) is 5.11 Å². The molecule has 0 saturated carbocycles. The summed E-state index contributed by atoms with van der Waals surface area (Å²) in [6.07, 6.45) is 1.93. The molecule has 0 saturated heterocycles. The largest absolute Gasteiger partial charge is 0.507 e. The van der Waals surface area contributed by atoms with E-state index in [1.54, 1.807) is 6.07 Å². The van der Waals surface area contributed by atoms with Crippen LogP contribution in [0.1, 0.15) is 52.7 Å². The van der Waals surface area contributed by atoms with Gasteiger partial charge in [0.25, 0.3) is 0 Å². The van der Waals surface area contributed by atoms with Crippen molar-refractivity contribution < 1.29 is 5.11 Å². The van der Waals surface area contributed by atoms with Crippen molar-refractivity contribution in [1.82, 2.24) is 14.5 Å². The number of rotatable bonds is 9. The zero-order chi connectivity index (χ0) is 48.9. The summed E-state index contributed by atoms with van der Waals surface area (Å²) in [4.78, 5) is 12.9. The number of fused-ring (bicyclic) bond motifs is 3. The molecule has 0 fully saturated rings. The van der Waals surface area contributed by atoms with Crippen molar-refractivity contribution in [2.45, 2.75) is 52.4 Å². The second-order valence-electron chi connectivity index (χ2n) is 20.5. The van der Waals surface area contributed by atoms with Crippen molar-refractivity contribution >= 4 is 38.9 Å². The number of para-hydroxylation sites is 6. The molecule has 0 aliphatic heterocycles. The molecule has 3 aromatic heterocycles. The Morgan fingerprint density at radius 1 is 0.408 bits per heavy atom. The van der Waals surface area contributed by atoms with Gasteiger partial charge >= 0.3 is 0 Å². The zero-order valence-electron chi connectivity index (χ0n) is 41.1. The fourth-order valence-electron chi connectivity index (χ4n) is 9.82. The van der Waals surface area contributed by atoms with Crippen LogP contribution in [0.15, 0.2) is 225 Å². The maximum absolute atomic E-state index is 11.4. The molecule has 0 spiro atoms. The predicted octanol–water partition coefficient (Wildman–Crippen LogP) is 17.7. The van der Waals surface area contributed by atoms with E-state index < -0.39 is 0 Å². The summed E-state index contributed by atoms with van der Waals surface area (Å²) in [5, 5.41) is 13.8. The van der Waals surface area contributed by atoms with Crippen LogP contribution in [0.3, 0.4) is 0 Å². The average Bonchev–Trinajstić information content (AvgIpc) is 3.74. The van der Waals surface area contributed by atoms with Gasteiger partial charge in [0, 0.05) is 62.0 Å². The number of aromatic nitrogens is 3. The maximum atomic E-state index is 11.4. The highest BCUT2D eigenvalue weighted by Gasteiger charge is 2.24. The Bertz CT molecular complexity index is 3660. The molecule has 5 nitrogen and oxygen atoms in total. The van der Waals surface area contributed by atoms with Crippen LogP contribution in [0.25, 0.3) is 83.5 Å². The molecule has 1 N–H and O–H groups in total. The minimum atomic E-state index is -0.0842. The number of hydrogen-bond acceptors (Lipinski definition) is 4. The fourth-order valence-corrected chi connectivity index (χ4v) is 9.82. The number of pyridine rings is 2. The van der Waals surface area contributed by atoms with Gasteiger partial charge in [0.05, 0.1) is 28.1 Å². The standard InChI is InChI=1S/C66H56N4O/c1-65(2,3)49-36-45(37-50(43-49)66(4,5)6)46-41-60(68-61(42-46)58-28-17-19-32-63(58)71)48-35-47(38-54(39-48)69(51-21-10-7-11-22-51)52-23-12-8-13-24-52)59-40-44(33-34-67-59)55-29-20-30-57-56-27-16-18-31-62(56)70(64(55)57)53-25-14-9-15-26-53/h7-43,71H,1-6H3. The molecule has 8 aromatic carbocycles. The Hall–Kier alpha value is -8.54. The van der Waals surface area contributed by atoms with Crippen molar-refractivity contribution in [3.05, 3.63) is 236 Å². The zero-order valence-corrected chi connectivity index (χ0v) is 41.1. The summed E-state index contributed by atoms with van der Waals surface area (Å²) in [5.74, 6) is 0.179. The molecule has 3 heterocycles. The number of phenolic OH excluding ortho intramolecular Hbond substituents is 1. The molecule has 0 amide bonds. The number of phenols is 1. The van der Waals surface area contributed by atoms with Gasteiger partial charge in [-0.3, -0.25) is 4.98 Å².